The highest BCUT2D eigenvalue weighted by Crippen LogP contribution is 2.29. The van der Waals surface area contributed by atoms with Crippen molar-refractivity contribution in [3.63, 3.8) is 0 Å². The second-order valence-electron chi connectivity index (χ2n) is 5.26. The first-order chi connectivity index (χ1) is 10.2. The van der Waals surface area contributed by atoms with E-state index in [4.69, 9.17) is 15.7 Å². The standard InChI is InChI=1S/C15H23N3O2S/c1-18-9-4-3-6-11(18)10-20-12-7-5-8-13(21-2)14(12)15(16)17-19/h5,7-8,11,19H,3-4,6,9-10H2,1-2H3,(H2,16,17). The van der Waals surface area contributed by atoms with Gasteiger partial charge in [-0.25, -0.2) is 0 Å². The van der Waals surface area contributed by atoms with Gasteiger partial charge in [-0.05, 0) is 44.8 Å². The second kappa shape index (κ2) is 7.56. The minimum Gasteiger partial charge on any atom is -0.491 e. The number of nitrogens with two attached hydrogens (primary N) is 1. The van der Waals surface area contributed by atoms with Gasteiger partial charge in [0.15, 0.2) is 5.84 Å². The maximum Gasteiger partial charge on any atom is 0.174 e. The van der Waals surface area contributed by atoms with E-state index >= 15 is 0 Å². The van der Waals surface area contributed by atoms with E-state index in [1.807, 2.05) is 24.5 Å². The summed E-state index contributed by atoms with van der Waals surface area (Å²) in [5, 5.41) is 12.1. The summed E-state index contributed by atoms with van der Waals surface area (Å²) in [6, 6.07) is 6.17. The van der Waals surface area contributed by atoms with Crippen molar-refractivity contribution < 1.29 is 9.94 Å². The van der Waals surface area contributed by atoms with Crippen molar-refractivity contribution in [2.75, 3.05) is 26.5 Å². The van der Waals surface area contributed by atoms with Crippen LogP contribution in [0.2, 0.25) is 0 Å². The number of hydrogen-bond acceptors (Lipinski definition) is 5. The number of nitrogens with zero attached hydrogens (tertiary/aromatic N) is 2. The van der Waals surface area contributed by atoms with Crippen LogP contribution in [0.5, 0.6) is 5.75 Å². The van der Waals surface area contributed by atoms with E-state index in [1.54, 1.807) is 11.8 Å². The zero-order valence-electron chi connectivity index (χ0n) is 12.6. The Labute approximate surface area is 130 Å². The highest BCUT2D eigenvalue weighted by Gasteiger charge is 2.21. The first-order valence-corrected chi connectivity index (χ1v) is 8.37. The number of likely N-dealkylation sites (N-methyl/N-ethyl adjacent to an activating group) is 1. The van der Waals surface area contributed by atoms with E-state index in [2.05, 4.69) is 17.1 Å². The molecule has 2 rings (SSSR count). The van der Waals surface area contributed by atoms with Crippen molar-refractivity contribution in [3.05, 3.63) is 23.8 Å². The predicted octanol–water partition coefficient (Wildman–Crippen LogP) is 2.37. The van der Waals surface area contributed by atoms with E-state index in [9.17, 15) is 0 Å². The molecule has 0 aromatic heterocycles. The van der Waals surface area contributed by atoms with Crippen LogP contribution in [0.4, 0.5) is 0 Å². The fourth-order valence-corrected chi connectivity index (χ4v) is 3.27. The second-order valence-corrected chi connectivity index (χ2v) is 6.11. The number of piperidine rings is 1. The average Bonchev–Trinajstić information content (AvgIpc) is 2.53. The maximum atomic E-state index is 8.98. The SMILES string of the molecule is CSc1cccc(OCC2CCCCN2C)c1/C(N)=N/O. The van der Waals surface area contributed by atoms with Gasteiger partial charge in [0, 0.05) is 10.9 Å². The molecule has 0 radical (unpaired) electrons. The molecule has 6 heteroatoms. The minimum absolute atomic E-state index is 0.0898. The molecule has 0 saturated carbocycles. The summed E-state index contributed by atoms with van der Waals surface area (Å²) < 4.78 is 5.99. The fourth-order valence-electron chi connectivity index (χ4n) is 2.64. The van der Waals surface area contributed by atoms with Crippen LogP contribution in [0.1, 0.15) is 24.8 Å². The Balaban J connectivity index is 2.15. The number of benzene rings is 1. The van der Waals surface area contributed by atoms with Gasteiger partial charge in [-0.2, -0.15) is 0 Å². The van der Waals surface area contributed by atoms with Crippen LogP contribution < -0.4 is 10.5 Å². The van der Waals surface area contributed by atoms with Gasteiger partial charge in [0.2, 0.25) is 0 Å². The summed E-state index contributed by atoms with van der Waals surface area (Å²) in [6.07, 6.45) is 5.61. The topological polar surface area (TPSA) is 71.1 Å². The Morgan fingerprint density at radius 3 is 3.00 bits per heavy atom. The van der Waals surface area contributed by atoms with Crippen LogP contribution in [-0.2, 0) is 0 Å². The number of rotatable bonds is 5. The van der Waals surface area contributed by atoms with Gasteiger partial charge in [-0.3, -0.25) is 0 Å². The molecule has 0 aliphatic carbocycles. The quantitative estimate of drug-likeness (QED) is 0.287. The monoisotopic (exact) mass is 309 g/mol. The molecule has 5 nitrogen and oxygen atoms in total. The van der Waals surface area contributed by atoms with Gasteiger partial charge < -0.3 is 20.6 Å². The highest BCUT2D eigenvalue weighted by molar-refractivity contribution is 7.98. The number of ether oxygens (including phenoxy) is 1. The number of likely N-dealkylation sites (tertiary alicyclic amines) is 1. The van der Waals surface area contributed by atoms with Crippen molar-refractivity contribution in [3.8, 4) is 5.75 Å². The number of amidine groups is 1. The molecule has 1 aliphatic heterocycles. The summed E-state index contributed by atoms with van der Waals surface area (Å²) in [5.41, 5.74) is 6.48. The van der Waals surface area contributed by atoms with Gasteiger partial charge in [0.1, 0.15) is 12.4 Å². The third-order valence-corrected chi connectivity index (χ3v) is 4.70. The molecular formula is C15H23N3O2S. The smallest absolute Gasteiger partial charge is 0.174 e. The van der Waals surface area contributed by atoms with Crippen LogP contribution in [0, 0.1) is 0 Å². The van der Waals surface area contributed by atoms with Crippen LogP contribution in [0.25, 0.3) is 0 Å². The van der Waals surface area contributed by atoms with Crippen LogP contribution >= 0.6 is 11.8 Å². The lowest BCUT2D eigenvalue weighted by molar-refractivity contribution is 0.125. The molecule has 1 fully saturated rings. The van der Waals surface area contributed by atoms with Crippen molar-refractivity contribution in [1.82, 2.24) is 4.90 Å². The molecule has 1 aliphatic rings. The van der Waals surface area contributed by atoms with E-state index in [-0.39, 0.29) is 5.84 Å². The third-order valence-electron chi connectivity index (χ3n) is 3.92. The molecule has 3 N–H and O–H groups in total. The lowest BCUT2D eigenvalue weighted by atomic mass is 10.0. The van der Waals surface area contributed by atoms with Gasteiger partial charge in [-0.1, -0.05) is 17.6 Å². The Morgan fingerprint density at radius 2 is 2.33 bits per heavy atom. The number of oxime groups is 1. The minimum atomic E-state index is 0.0898. The average molecular weight is 309 g/mol. The van der Waals surface area contributed by atoms with E-state index in [0.717, 1.165) is 17.9 Å². The molecule has 1 unspecified atom stereocenters. The fraction of sp³-hybridized carbons (Fsp3) is 0.533. The van der Waals surface area contributed by atoms with E-state index in [1.165, 1.54) is 12.8 Å². The van der Waals surface area contributed by atoms with Gasteiger partial charge in [0.25, 0.3) is 0 Å². The Kier molecular flexibility index (Phi) is 5.76. The zero-order valence-corrected chi connectivity index (χ0v) is 13.4. The predicted molar refractivity (Wildman–Crippen MR) is 86.5 cm³/mol. The summed E-state index contributed by atoms with van der Waals surface area (Å²) in [4.78, 5) is 3.28. The molecule has 1 saturated heterocycles. The molecule has 1 atom stereocenters. The molecule has 0 spiro atoms. The molecule has 0 bridgehead atoms. The molecule has 1 heterocycles. The summed E-state index contributed by atoms with van der Waals surface area (Å²) >= 11 is 1.55. The molecule has 1 aromatic rings. The molecule has 21 heavy (non-hydrogen) atoms. The van der Waals surface area contributed by atoms with Crippen molar-refractivity contribution in [1.29, 1.82) is 0 Å². The van der Waals surface area contributed by atoms with Crippen LogP contribution in [-0.4, -0.2) is 48.4 Å². The molecule has 0 amide bonds. The van der Waals surface area contributed by atoms with Gasteiger partial charge >= 0.3 is 0 Å². The summed E-state index contributed by atoms with van der Waals surface area (Å²) in [7, 11) is 2.13. The summed E-state index contributed by atoms with van der Waals surface area (Å²) in [5.74, 6) is 0.767. The van der Waals surface area contributed by atoms with E-state index < -0.39 is 0 Å². The normalized spacial score (nSPS) is 20.5. The lowest BCUT2D eigenvalue weighted by Crippen LogP contribution is -2.40. The maximum absolute atomic E-state index is 8.98. The molecule has 1 aromatic carbocycles. The molecular weight excluding hydrogens is 286 g/mol. The first kappa shape index (κ1) is 16.0. The zero-order chi connectivity index (χ0) is 15.2. The van der Waals surface area contributed by atoms with Gasteiger partial charge in [-0.15, -0.1) is 11.8 Å². The third kappa shape index (κ3) is 3.83. The lowest BCUT2D eigenvalue weighted by Gasteiger charge is -2.32. The highest BCUT2D eigenvalue weighted by atomic mass is 32.2. The van der Waals surface area contributed by atoms with Crippen LogP contribution in [0.15, 0.2) is 28.3 Å². The Bertz CT molecular complexity index is 508. The van der Waals surface area contributed by atoms with E-state index in [0.29, 0.717) is 24.0 Å². The Hall–Kier alpha value is -1.40. The van der Waals surface area contributed by atoms with Crippen molar-refractivity contribution >= 4 is 17.6 Å². The van der Waals surface area contributed by atoms with Gasteiger partial charge in [0.05, 0.1) is 5.56 Å². The van der Waals surface area contributed by atoms with Crippen molar-refractivity contribution in [2.45, 2.75) is 30.2 Å². The van der Waals surface area contributed by atoms with Crippen molar-refractivity contribution in [2.24, 2.45) is 10.9 Å². The summed E-state index contributed by atoms with van der Waals surface area (Å²) in [6.45, 7) is 1.74. The number of thioether (sulfide) groups is 1. The first-order valence-electron chi connectivity index (χ1n) is 7.15. The van der Waals surface area contributed by atoms with Crippen LogP contribution in [0.3, 0.4) is 0 Å². The molecule has 116 valence electrons. The Morgan fingerprint density at radius 1 is 1.52 bits per heavy atom. The number of hydrogen-bond donors (Lipinski definition) is 2. The largest absolute Gasteiger partial charge is 0.491 e.